The predicted octanol–water partition coefficient (Wildman–Crippen LogP) is 3.08. The topological polar surface area (TPSA) is 29.9 Å². The van der Waals surface area contributed by atoms with Crippen LogP contribution in [-0.4, -0.2) is 21.7 Å². The van der Waals surface area contributed by atoms with Crippen LogP contribution in [0.4, 0.5) is 0 Å². The fourth-order valence-corrected chi connectivity index (χ4v) is 2.33. The Kier molecular flexibility index (Phi) is 5.79. The highest BCUT2D eigenvalue weighted by Crippen LogP contribution is 2.20. The SMILES string of the molecule is CCn1nc(C)c(Br)c1CNC(C)CCCl. The fraction of sp³-hybridized carbons (Fsp3) is 0.727. The summed E-state index contributed by atoms with van der Waals surface area (Å²) in [4.78, 5) is 0. The van der Waals surface area contributed by atoms with E-state index < -0.39 is 0 Å². The summed E-state index contributed by atoms with van der Waals surface area (Å²) in [7, 11) is 0. The summed E-state index contributed by atoms with van der Waals surface area (Å²) >= 11 is 9.29. The van der Waals surface area contributed by atoms with Gasteiger partial charge >= 0.3 is 0 Å². The Morgan fingerprint density at radius 1 is 1.56 bits per heavy atom. The van der Waals surface area contributed by atoms with Gasteiger partial charge in [-0.15, -0.1) is 11.6 Å². The molecule has 1 rings (SSSR count). The zero-order chi connectivity index (χ0) is 12.1. The minimum atomic E-state index is 0.435. The zero-order valence-corrected chi connectivity index (χ0v) is 12.4. The lowest BCUT2D eigenvalue weighted by Gasteiger charge is -2.13. The summed E-state index contributed by atoms with van der Waals surface area (Å²) in [5, 5.41) is 7.91. The van der Waals surface area contributed by atoms with Crippen molar-refractivity contribution < 1.29 is 0 Å². The number of aromatic nitrogens is 2. The highest BCUT2D eigenvalue weighted by molar-refractivity contribution is 9.10. The van der Waals surface area contributed by atoms with Crippen LogP contribution in [0.15, 0.2) is 4.47 Å². The summed E-state index contributed by atoms with van der Waals surface area (Å²) < 4.78 is 3.14. The summed E-state index contributed by atoms with van der Waals surface area (Å²) in [6.45, 7) is 7.99. The molecule has 0 radical (unpaired) electrons. The van der Waals surface area contributed by atoms with E-state index in [2.05, 4.69) is 40.2 Å². The molecule has 0 bridgehead atoms. The molecular formula is C11H19BrClN3. The Morgan fingerprint density at radius 2 is 2.25 bits per heavy atom. The molecule has 0 aliphatic carbocycles. The number of alkyl halides is 1. The molecule has 1 aromatic rings. The van der Waals surface area contributed by atoms with E-state index in [0.29, 0.717) is 11.9 Å². The van der Waals surface area contributed by atoms with Crippen molar-refractivity contribution in [2.24, 2.45) is 0 Å². The van der Waals surface area contributed by atoms with Gasteiger partial charge < -0.3 is 5.32 Å². The molecule has 0 saturated carbocycles. The summed E-state index contributed by atoms with van der Waals surface area (Å²) in [6, 6.07) is 0.435. The molecule has 1 aromatic heterocycles. The minimum absolute atomic E-state index is 0.435. The molecule has 1 atom stereocenters. The van der Waals surface area contributed by atoms with E-state index in [-0.39, 0.29) is 0 Å². The van der Waals surface area contributed by atoms with Gasteiger partial charge in [0.05, 0.1) is 15.9 Å². The molecule has 0 amide bonds. The summed E-state index contributed by atoms with van der Waals surface area (Å²) in [5.41, 5.74) is 2.25. The maximum absolute atomic E-state index is 5.71. The first-order valence-electron chi connectivity index (χ1n) is 5.61. The number of aryl methyl sites for hydroxylation is 2. The third kappa shape index (κ3) is 3.47. The van der Waals surface area contributed by atoms with E-state index in [0.717, 1.165) is 29.7 Å². The Balaban J connectivity index is 2.65. The fourth-order valence-electron chi connectivity index (χ4n) is 1.57. The second-order valence-corrected chi connectivity index (χ2v) is 5.09. The van der Waals surface area contributed by atoms with Gasteiger partial charge in [-0.25, -0.2) is 0 Å². The van der Waals surface area contributed by atoms with Gasteiger partial charge in [-0.3, -0.25) is 4.68 Å². The monoisotopic (exact) mass is 307 g/mol. The van der Waals surface area contributed by atoms with E-state index in [4.69, 9.17) is 11.6 Å². The van der Waals surface area contributed by atoms with Crippen molar-refractivity contribution in [3.63, 3.8) is 0 Å². The van der Waals surface area contributed by atoms with Crippen molar-refractivity contribution in [2.75, 3.05) is 5.88 Å². The van der Waals surface area contributed by atoms with Gasteiger partial charge in [-0.05, 0) is 43.1 Å². The average molecular weight is 309 g/mol. The van der Waals surface area contributed by atoms with Crippen LogP contribution < -0.4 is 5.32 Å². The third-order valence-electron chi connectivity index (χ3n) is 2.61. The molecule has 92 valence electrons. The quantitative estimate of drug-likeness (QED) is 0.819. The van der Waals surface area contributed by atoms with Crippen LogP contribution in [0.3, 0.4) is 0 Å². The van der Waals surface area contributed by atoms with Crippen molar-refractivity contribution in [3.05, 3.63) is 15.9 Å². The Morgan fingerprint density at radius 3 is 2.81 bits per heavy atom. The normalized spacial score (nSPS) is 13.1. The molecule has 0 spiro atoms. The predicted molar refractivity (Wildman–Crippen MR) is 72.0 cm³/mol. The highest BCUT2D eigenvalue weighted by Gasteiger charge is 2.12. The largest absolute Gasteiger partial charge is 0.309 e. The van der Waals surface area contributed by atoms with Gasteiger partial charge in [0.1, 0.15) is 0 Å². The first kappa shape index (κ1) is 14.0. The molecule has 16 heavy (non-hydrogen) atoms. The molecule has 0 aliphatic rings. The van der Waals surface area contributed by atoms with Crippen molar-refractivity contribution in [1.29, 1.82) is 0 Å². The second kappa shape index (κ2) is 6.62. The van der Waals surface area contributed by atoms with Crippen molar-refractivity contribution >= 4 is 27.5 Å². The Labute approximate surface area is 111 Å². The van der Waals surface area contributed by atoms with Gasteiger partial charge in [-0.2, -0.15) is 5.10 Å². The highest BCUT2D eigenvalue weighted by atomic mass is 79.9. The molecule has 5 heteroatoms. The van der Waals surface area contributed by atoms with E-state index >= 15 is 0 Å². The molecule has 1 unspecified atom stereocenters. The third-order valence-corrected chi connectivity index (χ3v) is 3.86. The van der Waals surface area contributed by atoms with Crippen LogP contribution in [0, 0.1) is 6.92 Å². The van der Waals surface area contributed by atoms with E-state index in [9.17, 15) is 0 Å². The second-order valence-electron chi connectivity index (χ2n) is 3.92. The first-order chi connectivity index (χ1) is 7.60. The number of halogens is 2. The lowest BCUT2D eigenvalue weighted by atomic mass is 10.2. The standard InChI is InChI=1S/C11H19BrClN3/c1-4-16-10(11(12)9(3)15-16)7-14-8(2)5-6-13/h8,14H,4-7H2,1-3H3. The molecule has 0 fully saturated rings. The molecular weight excluding hydrogens is 289 g/mol. The molecule has 3 nitrogen and oxygen atoms in total. The number of nitrogens with one attached hydrogen (secondary N) is 1. The van der Waals surface area contributed by atoms with E-state index in [1.165, 1.54) is 5.69 Å². The van der Waals surface area contributed by atoms with Crippen molar-refractivity contribution in [2.45, 2.75) is 46.3 Å². The van der Waals surface area contributed by atoms with E-state index in [1.54, 1.807) is 0 Å². The molecule has 0 aromatic carbocycles. The Bertz CT molecular complexity index is 338. The van der Waals surface area contributed by atoms with Crippen LogP contribution in [0.1, 0.15) is 31.7 Å². The summed E-state index contributed by atoms with van der Waals surface area (Å²) in [6.07, 6.45) is 0.985. The molecule has 1 N–H and O–H groups in total. The lowest BCUT2D eigenvalue weighted by Crippen LogP contribution is -2.27. The van der Waals surface area contributed by atoms with Gasteiger partial charge in [0.25, 0.3) is 0 Å². The number of nitrogens with zero attached hydrogens (tertiary/aromatic N) is 2. The zero-order valence-electron chi connectivity index (χ0n) is 10.1. The van der Waals surface area contributed by atoms with Gasteiger partial charge in [0, 0.05) is 25.0 Å². The van der Waals surface area contributed by atoms with Crippen LogP contribution in [0.2, 0.25) is 0 Å². The van der Waals surface area contributed by atoms with Crippen LogP contribution in [-0.2, 0) is 13.1 Å². The van der Waals surface area contributed by atoms with Crippen molar-refractivity contribution in [3.8, 4) is 0 Å². The van der Waals surface area contributed by atoms with Crippen molar-refractivity contribution in [1.82, 2.24) is 15.1 Å². The maximum atomic E-state index is 5.71. The number of rotatable bonds is 6. The van der Waals surface area contributed by atoms with E-state index in [1.807, 2.05) is 11.6 Å². The lowest BCUT2D eigenvalue weighted by molar-refractivity contribution is 0.506. The van der Waals surface area contributed by atoms with Gasteiger partial charge in [-0.1, -0.05) is 0 Å². The van der Waals surface area contributed by atoms with Crippen LogP contribution in [0.25, 0.3) is 0 Å². The molecule has 0 saturated heterocycles. The first-order valence-corrected chi connectivity index (χ1v) is 6.94. The average Bonchev–Trinajstić information content (AvgIpc) is 2.53. The minimum Gasteiger partial charge on any atom is -0.309 e. The Hall–Kier alpha value is -0.0600. The maximum Gasteiger partial charge on any atom is 0.0739 e. The van der Waals surface area contributed by atoms with Crippen LogP contribution in [0.5, 0.6) is 0 Å². The number of hydrogen-bond acceptors (Lipinski definition) is 2. The smallest absolute Gasteiger partial charge is 0.0739 e. The van der Waals surface area contributed by atoms with Gasteiger partial charge in [0.2, 0.25) is 0 Å². The van der Waals surface area contributed by atoms with Gasteiger partial charge in [0.15, 0.2) is 0 Å². The number of hydrogen-bond donors (Lipinski definition) is 1. The molecule has 1 heterocycles. The summed E-state index contributed by atoms with van der Waals surface area (Å²) in [5.74, 6) is 0.696. The van der Waals surface area contributed by atoms with Crippen LogP contribution >= 0.6 is 27.5 Å². The molecule has 0 aliphatic heterocycles.